The van der Waals surface area contributed by atoms with E-state index in [-0.39, 0.29) is 12.4 Å². The minimum atomic E-state index is 0. The van der Waals surface area contributed by atoms with Gasteiger partial charge in [-0.2, -0.15) is 5.10 Å². The van der Waals surface area contributed by atoms with Crippen molar-refractivity contribution in [2.24, 2.45) is 5.73 Å². The predicted molar refractivity (Wildman–Crippen MR) is 60.3 cm³/mol. The highest BCUT2D eigenvalue weighted by Gasteiger charge is 2.06. The molecule has 1 heterocycles. The normalized spacial score (nSPS) is 9.85. The maximum absolute atomic E-state index is 5.42. The maximum Gasteiger partial charge on any atom is 0.0738 e. The second-order valence-electron chi connectivity index (χ2n) is 2.85. The standard InChI is InChI=1S/C8H14BrN3.ClH/c1-6-8(9)7(2)12(11-6)5-3-4-10;/h3-5,10H2,1-2H3;1H. The zero-order valence-corrected chi connectivity index (χ0v) is 10.3. The van der Waals surface area contributed by atoms with Gasteiger partial charge in [0.15, 0.2) is 0 Å². The Labute approximate surface area is 93.2 Å². The molecular weight excluding hydrogens is 253 g/mol. The summed E-state index contributed by atoms with van der Waals surface area (Å²) in [4.78, 5) is 0. The highest BCUT2D eigenvalue weighted by atomic mass is 79.9. The largest absolute Gasteiger partial charge is 0.330 e. The molecule has 0 spiro atoms. The van der Waals surface area contributed by atoms with Crippen molar-refractivity contribution in [3.05, 3.63) is 15.9 Å². The lowest BCUT2D eigenvalue weighted by atomic mass is 10.4. The number of hydrogen-bond acceptors (Lipinski definition) is 2. The van der Waals surface area contributed by atoms with Crippen LogP contribution < -0.4 is 5.73 Å². The van der Waals surface area contributed by atoms with Crippen molar-refractivity contribution in [2.75, 3.05) is 6.54 Å². The first-order valence-electron chi connectivity index (χ1n) is 4.06. The molecule has 0 fully saturated rings. The fourth-order valence-corrected chi connectivity index (χ4v) is 1.42. The summed E-state index contributed by atoms with van der Waals surface area (Å²) in [6, 6.07) is 0. The fraction of sp³-hybridized carbons (Fsp3) is 0.625. The van der Waals surface area contributed by atoms with Crippen LogP contribution in [0.15, 0.2) is 4.47 Å². The van der Waals surface area contributed by atoms with Crippen LogP contribution in [0.4, 0.5) is 0 Å². The second-order valence-corrected chi connectivity index (χ2v) is 3.64. The molecule has 0 amide bonds. The molecule has 0 radical (unpaired) electrons. The topological polar surface area (TPSA) is 43.8 Å². The van der Waals surface area contributed by atoms with E-state index in [1.165, 1.54) is 5.69 Å². The van der Waals surface area contributed by atoms with E-state index in [4.69, 9.17) is 5.73 Å². The summed E-state index contributed by atoms with van der Waals surface area (Å²) < 4.78 is 3.10. The Balaban J connectivity index is 0.00000144. The van der Waals surface area contributed by atoms with Crippen molar-refractivity contribution >= 4 is 28.3 Å². The Hall–Kier alpha value is -0.0600. The van der Waals surface area contributed by atoms with Crippen LogP contribution in [0.5, 0.6) is 0 Å². The predicted octanol–water partition coefficient (Wildman–Crippen LogP) is 2.03. The molecule has 3 nitrogen and oxygen atoms in total. The molecule has 76 valence electrons. The van der Waals surface area contributed by atoms with Crippen molar-refractivity contribution in [1.82, 2.24) is 9.78 Å². The Morgan fingerprint density at radius 2 is 2.08 bits per heavy atom. The van der Waals surface area contributed by atoms with Crippen LogP contribution in [0.1, 0.15) is 17.8 Å². The average Bonchev–Trinajstić information content (AvgIpc) is 2.30. The zero-order valence-electron chi connectivity index (χ0n) is 7.88. The number of nitrogens with zero attached hydrogens (tertiary/aromatic N) is 2. The quantitative estimate of drug-likeness (QED) is 0.912. The van der Waals surface area contributed by atoms with Gasteiger partial charge in [-0.3, -0.25) is 4.68 Å². The Morgan fingerprint density at radius 1 is 1.46 bits per heavy atom. The number of halogens is 2. The van der Waals surface area contributed by atoms with Crippen LogP contribution in [0.2, 0.25) is 0 Å². The molecule has 0 bridgehead atoms. The van der Waals surface area contributed by atoms with E-state index in [9.17, 15) is 0 Å². The third-order valence-corrected chi connectivity index (χ3v) is 3.01. The molecule has 13 heavy (non-hydrogen) atoms. The minimum absolute atomic E-state index is 0. The van der Waals surface area contributed by atoms with Gasteiger partial charge in [-0.05, 0) is 42.7 Å². The zero-order chi connectivity index (χ0) is 9.14. The van der Waals surface area contributed by atoms with E-state index in [1.54, 1.807) is 0 Å². The summed E-state index contributed by atoms with van der Waals surface area (Å²) in [6.45, 7) is 5.68. The van der Waals surface area contributed by atoms with E-state index >= 15 is 0 Å². The summed E-state index contributed by atoms with van der Waals surface area (Å²) in [6.07, 6.45) is 0.981. The van der Waals surface area contributed by atoms with E-state index in [0.717, 1.165) is 29.7 Å². The lowest BCUT2D eigenvalue weighted by molar-refractivity contribution is 0.567. The van der Waals surface area contributed by atoms with E-state index in [0.29, 0.717) is 0 Å². The van der Waals surface area contributed by atoms with Crippen molar-refractivity contribution in [2.45, 2.75) is 26.8 Å². The number of aryl methyl sites for hydroxylation is 2. The van der Waals surface area contributed by atoms with Gasteiger partial charge in [0.05, 0.1) is 10.2 Å². The summed E-state index contributed by atoms with van der Waals surface area (Å²) in [7, 11) is 0. The summed E-state index contributed by atoms with van der Waals surface area (Å²) in [5.41, 5.74) is 7.65. The van der Waals surface area contributed by atoms with Crippen LogP contribution in [0.3, 0.4) is 0 Å². The lowest BCUT2D eigenvalue weighted by Crippen LogP contribution is -2.08. The minimum Gasteiger partial charge on any atom is -0.330 e. The molecular formula is C8H15BrClN3. The molecule has 1 aromatic rings. The first-order chi connectivity index (χ1) is 5.66. The SMILES string of the molecule is Cc1nn(CCCN)c(C)c1Br.Cl. The van der Waals surface area contributed by atoms with Gasteiger partial charge in [-0.1, -0.05) is 0 Å². The van der Waals surface area contributed by atoms with Gasteiger partial charge in [-0.25, -0.2) is 0 Å². The van der Waals surface area contributed by atoms with Gasteiger partial charge in [0.2, 0.25) is 0 Å². The monoisotopic (exact) mass is 267 g/mol. The lowest BCUT2D eigenvalue weighted by Gasteiger charge is -2.01. The van der Waals surface area contributed by atoms with Crippen molar-refractivity contribution in [3.8, 4) is 0 Å². The Bertz CT molecular complexity index is 273. The molecule has 0 saturated carbocycles. The van der Waals surface area contributed by atoms with Crippen molar-refractivity contribution in [3.63, 3.8) is 0 Å². The maximum atomic E-state index is 5.42. The third kappa shape index (κ3) is 2.97. The highest BCUT2D eigenvalue weighted by molar-refractivity contribution is 9.10. The first-order valence-corrected chi connectivity index (χ1v) is 4.85. The van der Waals surface area contributed by atoms with Crippen LogP contribution in [-0.4, -0.2) is 16.3 Å². The summed E-state index contributed by atoms with van der Waals surface area (Å²) in [5, 5.41) is 4.36. The number of nitrogens with two attached hydrogens (primary N) is 1. The smallest absolute Gasteiger partial charge is 0.0738 e. The van der Waals surface area contributed by atoms with Gasteiger partial charge >= 0.3 is 0 Å². The van der Waals surface area contributed by atoms with Crippen LogP contribution >= 0.6 is 28.3 Å². The molecule has 0 aliphatic heterocycles. The second kappa shape index (κ2) is 5.62. The molecule has 0 aromatic carbocycles. The van der Waals surface area contributed by atoms with Crippen molar-refractivity contribution in [1.29, 1.82) is 0 Å². The van der Waals surface area contributed by atoms with Gasteiger partial charge < -0.3 is 5.73 Å². The highest BCUT2D eigenvalue weighted by Crippen LogP contribution is 2.19. The van der Waals surface area contributed by atoms with Crippen molar-refractivity contribution < 1.29 is 0 Å². The summed E-state index contributed by atoms with van der Waals surface area (Å²) in [5.74, 6) is 0. The van der Waals surface area contributed by atoms with Crippen LogP contribution in [0, 0.1) is 13.8 Å². The van der Waals surface area contributed by atoms with Gasteiger partial charge in [0.1, 0.15) is 0 Å². The molecule has 0 atom stereocenters. The average molecular weight is 269 g/mol. The van der Waals surface area contributed by atoms with Gasteiger partial charge in [-0.15, -0.1) is 12.4 Å². The molecule has 0 aliphatic carbocycles. The Morgan fingerprint density at radius 3 is 2.46 bits per heavy atom. The Kier molecular flexibility index (Phi) is 5.60. The van der Waals surface area contributed by atoms with Gasteiger partial charge in [0, 0.05) is 12.2 Å². The molecule has 5 heteroatoms. The first kappa shape index (κ1) is 12.9. The number of rotatable bonds is 3. The third-order valence-electron chi connectivity index (χ3n) is 1.87. The van der Waals surface area contributed by atoms with E-state index in [2.05, 4.69) is 28.0 Å². The van der Waals surface area contributed by atoms with Gasteiger partial charge in [0.25, 0.3) is 0 Å². The molecule has 0 saturated heterocycles. The molecule has 0 unspecified atom stereocenters. The fourth-order valence-electron chi connectivity index (χ4n) is 1.13. The summed E-state index contributed by atoms with van der Waals surface area (Å²) >= 11 is 3.48. The number of hydrogen-bond donors (Lipinski definition) is 1. The molecule has 1 rings (SSSR count). The molecule has 2 N–H and O–H groups in total. The van der Waals surface area contributed by atoms with E-state index in [1.807, 2.05) is 11.6 Å². The van der Waals surface area contributed by atoms with Crippen LogP contribution in [-0.2, 0) is 6.54 Å². The molecule has 1 aromatic heterocycles. The van der Waals surface area contributed by atoms with E-state index < -0.39 is 0 Å². The molecule has 0 aliphatic rings. The number of aromatic nitrogens is 2. The van der Waals surface area contributed by atoms with Crippen LogP contribution in [0.25, 0.3) is 0 Å².